The van der Waals surface area contributed by atoms with E-state index in [1.807, 2.05) is 35.1 Å². The van der Waals surface area contributed by atoms with E-state index in [9.17, 15) is 8.78 Å². The Labute approximate surface area is 119 Å². The van der Waals surface area contributed by atoms with Crippen LogP contribution >= 0.6 is 11.8 Å². The minimum absolute atomic E-state index is 0.394. The van der Waals surface area contributed by atoms with Gasteiger partial charge in [-0.05, 0) is 36.1 Å². The smallest absolute Gasteiger partial charge is 0.169 e. The van der Waals surface area contributed by atoms with Gasteiger partial charge in [0.15, 0.2) is 5.16 Å². The number of fused-ring (bicyclic) bond motifs is 1. The summed E-state index contributed by atoms with van der Waals surface area (Å²) in [6.07, 6.45) is 1.93. The Kier molecular flexibility index (Phi) is 3.44. The van der Waals surface area contributed by atoms with Crippen LogP contribution in [0.1, 0.15) is 5.56 Å². The van der Waals surface area contributed by atoms with E-state index in [4.69, 9.17) is 0 Å². The summed E-state index contributed by atoms with van der Waals surface area (Å²) in [5.74, 6) is -1.12. The highest BCUT2D eigenvalue weighted by Crippen LogP contribution is 2.24. The number of imidazole rings is 1. The van der Waals surface area contributed by atoms with Crippen molar-refractivity contribution in [2.45, 2.75) is 11.7 Å². The molecule has 1 heterocycles. The monoisotopic (exact) mass is 290 g/mol. The molecule has 0 atom stereocenters. The van der Waals surface area contributed by atoms with Crippen molar-refractivity contribution in [2.24, 2.45) is 0 Å². The number of thioether (sulfide) groups is 1. The zero-order valence-corrected chi connectivity index (χ0v) is 11.6. The lowest BCUT2D eigenvalue weighted by Crippen LogP contribution is -2.02. The van der Waals surface area contributed by atoms with Gasteiger partial charge in [0.05, 0.1) is 17.6 Å². The molecule has 0 bridgehead atoms. The van der Waals surface area contributed by atoms with Gasteiger partial charge in [-0.15, -0.1) is 0 Å². The van der Waals surface area contributed by atoms with Crippen LogP contribution in [0, 0.1) is 11.6 Å². The summed E-state index contributed by atoms with van der Waals surface area (Å²) in [4.78, 5) is 4.51. The number of hydrogen-bond donors (Lipinski definition) is 0. The molecule has 0 amide bonds. The van der Waals surface area contributed by atoms with Gasteiger partial charge in [-0.3, -0.25) is 0 Å². The third kappa shape index (κ3) is 2.41. The highest BCUT2D eigenvalue weighted by Gasteiger charge is 2.10. The average molecular weight is 290 g/mol. The molecule has 0 unspecified atom stereocenters. The third-order valence-electron chi connectivity index (χ3n) is 3.07. The molecular weight excluding hydrogens is 278 g/mol. The summed E-state index contributed by atoms with van der Waals surface area (Å²) < 4.78 is 28.5. The maximum absolute atomic E-state index is 13.3. The number of aromatic nitrogens is 2. The Bertz CT molecular complexity index is 747. The molecule has 2 nitrogen and oxygen atoms in total. The Morgan fingerprint density at radius 3 is 2.50 bits per heavy atom. The zero-order chi connectivity index (χ0) is 14.1. The molecular formula is C15H12F2N2S. The molecule has 3 rings (SSSR count). The molecule has 5 heteroatoms. The van der Waals surface area contributed by atoms with E-state index in [1.165, 1.54) is 23.9 Å². The van der Waals surface area contributed by atoms with E-state index in [1.54, 1.807) is 0 Å². The van der Waals surface area contributed by atoms with Gasteiger partial charge in [-0.2, -0.15) is 0 Å². The van der Waals surface area contributed by atoms with Gasteiger partial charge < -0.3 is 4.57 Å². The topological polar surface area (TPSA) is 17.8 Å². The van der Waals surface area contributed by atoms with Crippen LogP contribution in [0.25, 0.3) is 11.0 Å². The third-order valence-corrected chi connectivity index (χ3v) is 3.74. The summed E-state index contributed by atoms with van der Waals surface area (Å²) in [6, 6.07) is 11.3. The van der Waals surface area contributed by atoms with Gasteiger partial charge in [0.2, 0.25) is 0 Å². The van der Waals surface area contributed by atoms with Crippen molar-refractivity contribution in [3.8, 4) is 0 Å². The molecule has 20 heavy (non-hydrogen) atoms. The van der Waals surface area contributed by atoms with Crippen molar-refractivity contribution in [2.75, 3.05) is 6.26 Å². The Hall–Kier alpha value is -1.88. The van der Waals surface area contributed by atoms with Crippen LogP contribution in [0.15, 0.2) is 47.6 Å². The Morgan fingerprint density at radius 1 is 1.10 bits per heavy atom. The number of benzene rings is 2. The number of para-hydroxylation sites is 2. The number of halogens is 2. The van der Waals surface area contributed by atoms with Crippen molar-refractivity contribution in [1.82, 2.24) is 9.55 Å². The molecule has 0 saturated carbocycles. The van der Waals surface area contributed by atoms with E-state index in [-0.39, 0.29) is 0 Å². The summed E-state index contributed by atoms with van der Waals surface area (Å²) in [5, 5.41) is 0.830. The summed E-state index contributed by atoms with van der Waals surface area (Å²) in [5.41, 5.74) is 2.43. The first-order valence-electron chi connectivity index (χ1n) is 6.11. The first-order valence-corrected chi connectivity index (χ1v) is 7.34. The van der Waals surface area contributed by atoms with Crippen LogP contribution in [0.2, 0.25) is 0 Å². The van der Waals surface area contributed by atoms with E-state index in [2.05, 4.69) is 4.98 Å². The van der Waals surface area contributed by atoms with Gasteiger partial charge in [0.1, 0.15) is 11.6 Å². The number of rotatable bonds is 3. The van der Waals surface area contributed by atoms with Gasteiger partial charge in [-0.1, -0.05) is 23.9 Å². The van der Waals surface area contributed by atoms with Crippen LogP contribution in [0.3, 0.4) is 0 Å². The summed E-state index contributed by atoms with van der Waals surface area (Å²) in [6.45, 7) is 0.394. The fourth-order valence-electron chi connectivity index (χ4n) is 2.25. The number of nitrogens with zero attached hydrogens (tertiary/aromatic N) is 2. The van der Waals surface area contributed by atoms with Gasteiger partial charge in [0, 0.05) is 6.07 Å². The molecule has 0 radical (unpaired) electrons. The van der Waals surface area contributed by atoms with Crippen molar-refractivity contribution in [3.63, 3.8) is 0 Å². The maximum Gasteiger partial charge on any atom is 0.169 e. The van der Waals surface area contributed by atoms with Crippen LogP contribution < -0.4 is 0 Å². The van der Waals surface area contributed by atoms with Crippen molar-refractivity contribution >= 4 is 22.8 Å². The zero-order valence-electron chi connectivity index (χ0n) is 10.8. The predicted octanol–water partition coefficient (Wildman–Crippen LogP) is 4.08. The Balaban J connectivity index is 2.09. The fraction of sp³-hybridized carbons (Fsp3) is 0.133. The quantitative estimate of drug-likeness (QED) is 0.676. The highest BCUT2D eigenvalue weighted by molar-refractivity contribution is 7.98. The standard InChI is InChI=1S/C15H12F2N2S/c1-20-15-18-13-4-2-3-5-14(13)19(15)9-10-6-11(16)8-12(17)7-10/h2-8H,9H2,1H3. The molecule has 0 spiro atoms. The number of hydrogen-bond acceptors (Lipinski definition) is 2. The molecule has 1 aromatic heterocycles. The lowest BCUT2D eigenvalue weighted by atomic mass is 10.2. The minimum atomic E-state index is -0.560. The molecule has 0 aliphatic heterocycles. The van der Waals surface area contributed by atoms with E-state index < -0.39 is 11.6 Å². The summed E-state index contributed by atoms with van der Waals surface area (Å²) >= 11 is 1.51. The minimum Gasteiger partial charge on any atom is -0.314 e. The van der Waals surface area contributed by atoms with Gasteiger partial charge in [0.25, 0.3) is 0 Å². The maximum atomic E-state index is 13.3. The van der Waals surface area contributed by atoms with Gasteiger partial charge in [-0.25, -0.2) is 13.8 Å². The van der Waals surface area contributed by atoms with Crippen molar-refractivity contribution in [3.05, 3.63) is 59.7 Å². The predicted molar refractivity (Wildman–Crippen MR) is 77.0 cm³/mol. The van der Waals surface area contributed by atoms with Crippen molar-refractivity contribution in [1.29, 1.82) is 0 Å². The molecule has 102 valence electrons. The molecule has 0 saturated heterocycles. The average Bonchev–Trinajstić information content (AvgIpc) is 2.76. The fourth-order valence-corrected chi connectivity index (χ4v) is 2.82. The summed E-state index contributed by atoms with van der Waals surface area (Å²) in [7, 11) is 0. The van der Waals surface area contributed by atoms with Gasteiger partial charge >= 0.3 is 0 Å². The largest absolute Gasteiger partial charge is 0.314 e. The van der Waals surface area contributed by atoms with Crippen LogP contribution in [0.4, 0.5) is 8.78 Å². The normalized spacial score (nSPS) is 11.2. The van der Waals surface area contributed by atoms with Crippen LogP contribution in [0.5, 0.6) is 0 Å². The lowest BCUT2D eigenvalue weighted by molar-refractivity contribution is 0.576. The van der Waals surface area contributed by atoms with E-state index in [0.29, 0.717) is 12.1 Å². The second-order valence-electron chi connectivity index (χ2n) is 4.45. The van der Waals surface area contributed by atoms with E-state index >= 15 is 0 Å². The molecule has 0 fully saturated rings. The molecule has 0 aliphatic rings. The second-order valence-corrected chi connectivity index (χ2v) is 5.22. The lowest BCUT2D eigenvalue weighted by Gasteiger charge is -2.08. The highest BCUT2D eigenvalue weighted by atomic mass is 32.2. The SMILES string of the molecule is CSc1nc2ccccc2n1Cc1cc(F)cc(F)c1. The Morgan fingerprint density at radius 2 is 1.80 bits per heavy atom. The van der Waals surface area contributed by atoms with Crippen LogP contribution in [-0.2, 0) is 6.54 Å². The second kappa shape index (κ2) is 5.25. The van der Waals surface area contributed by atoms with Crippen molar-refractivity contribution < 1.29 is 8.78 Å². The molecule has 0 N–H and O–H groups in total. The first-order chi connectivity index (χ1) is 9.67. The molecule has 3 aromatic rings. The molecule has 2 aromatic carbocycles. The molecule has 0 aliphatic carbocycles. The van der Waals surface area contributed by atoms with E-state index in [0.717, 1.165) is 22.3 Å². The van der Waals surface area contributed by atoms with Crippen LogP contribution in [-0.4, -0.2) is 15.8 Å². The first kappa shape index (κ1) is 13.1.